The van der Waals surface area contributed by atoms with Gasteiger partial charge < -0.3 is 4.74 Å². The molecule has 0 N–H and O–H groups in total. The van der Waals surface area contributed by atoms with Gasteiger partial charge in [0.1, 0.15) is 5.75 Å². The van der Waals surface area contributed by atoms with Crippen LogP contribution in [0, 0.1) is 13.8 Å². The number of hydrazone groups is 1. The molecule has 2 aliphatic heterocycles. The van der Waals surface area contributed by atoms with Gasteiger partial charge in [-0.1, -0.05) is 75.6 Å². The summed E-state index contributed by atoms with van der Waals surface area (Å²) in [5.74, 6) is 0.660. The normalized spacial score (nSPS) is 19.6. The molecule has 4 nitrogen and oxygen atoms in total. The number of hydrogen-bond acceptors (Lipinski definition) is 4. The van der Waals surface area contributed by atoms with Crippen molar-refractivity contribution < 1.29 is 9.53 Å². The first-order chi connectivity index (χ1) is 14.5. The maximum absolute atomic E-state index is 13.4. The lowest BCUT2D eigenvalue weighted by Gasteiger charge is -2.37. The van der Waals surface area contributed by atoms with Gasteiger partial charge in [0.25, 0.3) is 6.23 Å². The number of ether oxygens (including phenoxy) is 1. The van der Waals surface area contributed by atoms with E-state index in [0.29, 0.717) is 5.56 Å². The second kappa shape index (κ2) is 7.40. The van der Waals surface area contributed by atoms with E-state index in [1.165, 1.54) is 5.56 Å². The molecule has 2 unspecified atom stereocenters. The van der Waals surface area contributed by atoms with Crippen LogP contribution in [0.3, 0.4) is 0 Å². The minimum Gasteiger partial charge on any atom is -0.461 e. The van der Waals surface area contributed by atoms with Gasteiger partial charge in [-0.15, -0.1) is 0 Å². The molecule has 0 fully saturated rings. The van der Waals surface area contributed by atoms with Crippen LogP contribution in [0.25, 0.3) is 0 Å². The Labute approximate surface area is 184 Å². The topological polar surface area (TPSA) is 41.9 Å². The van der Waals surface area contributed by atoms with E-state index in [9.17, 15) is 4.79 Å². The number of rotatable bonds is 3. The molecule has 2 atom stereocenters. The quantitative estimate of drug-likeness (QED) is 0.462. The maximum Gasteiger partial charge on any atom is 0.251 e. The van der Waals surface area contributed by atoms with E-state index in [0.717, 1.165) is 39.0 Å². The number of aryl methyl sites for hydroxylation is 2. The molecule has 5 rings (SSSR count). The molecule has 5 heteroatoms. The van der Waals surface area contributed by atoms with Crippen molar-refractivity contribution in [1.29, 1.82) is 0 Å². The highest BCUT2D eigenvalue weighted by Crippen LogP contribution is 2.44. The molecule has 0 aliphatic carbocycles. The van der Waals surface area contributed by atoms with Gasteiger partial charge in [-0.3, -0.25) is 4.79 Å². The number of carbonyl (C=O) groups excluding carboxylic acids is 1. The van der Waals surface area contributed by atoms with Crippen molar-refractivity contribution in [2.75, 3.05) is 0 Å². The number of nitrogens with zero attached hydrogens (tertiary/aromatic N) is 2. The molecule has 0 saturated heterocycles. The van der Waals surface area contributed by atoms with Crippen LogP contribution in [0.15, 0.2) is 76.3 Å². The molecule has 0 spiro atoms. The van der Waals surface area contributed by atoms with Crippen LogP contribution in [0.5, 0.6) is 5.75 Å². The molecule has 0 saturated carbocycles. The zero-order chi connectivity index (χ0) is 20.8. The highest BCUT2D eigenvalue weighted by molar-refractivity contribution is 9.10. The molecule has 0 amide bonds. The molecular weight excluding hydrogens is 440 g/mol. The maximum atomic E-state index is 13.4. The van der Waals surface area contributed by atoms with Crippen LogP contribution in [-0.2, 0) is 0 Å². The summed E-state index contributed by atoms with van der Waals surface area (Å²) in [6, 6.07) is 21.9. The van der Waals surface area contributed by atoms with Crippen molar-refractivity contribution in [3.05, 3.63) is 99.0 Å². The van der Waals surface area contributed by atoms with Crippen molar-refractivity contribution in [3.63, 3.8) is 0 Å². The van der Waals surface area contributed by atoms with Gasteiger partial charge in [-0.05, 0) is 37.6 Å². The monoisotopic (exact) mass is 460 g/mol. The molecular formula is C25H21BrN2O2. The number of fused-ring (bicyclic) bond motifs is 3. The van der Waals surface area contributed by atoms with E-state index in [4.69, 9.17) is 9.84 Å². The van der Waals surface area contributed by atoms with Gasteiger partial charge in [0.05, 0.1) is 11.8 Å². The molecule has 0 bridgehead atoms. The van der Waals surface area contributed by atoms with Crippen LogP contribution < -0.4 is 4.74 Å². The molecule has 0 aromatic heterocycles. The smallest absolute Gasteiger partial charge is 0.251 e. The van der Waals surface area contributed by atoms with E-state index >= 15 is 0 Å². The lowest BCUT2D eigenvalue weighted by Crippen LogP contribution is -2.45. The average molecular weight is 461 g/mol. The summed E-state index contributed by atoms with van der Waals surface area (Å²) in [4.78, 5) is 13.4. The second-order valence-electron chi connectivity index (χ2n) is 7.90. The van der Waals surface area contributed by atoms with Crippen LogP contribution in [-0.4, -0.2) is 22.7 Å². The van der Waals surface area contributed by atoms with Crippen LogP contribution in [0.1, 0.15) is 45.1 Å². The summed E-state index contributed by atoms with van der Waals surface area (Å²) < 4.78 is 7.18. The Morgan fingerprint density at radius 2 is 1.67 bits per heavy atom. The fourth-order valence-corrected chi connectivity index (χ4v) is 4.39. The fourth-order valence-electron chi connectivity index (χ4n) is 4.01. The summed E-state index contributed by atoms with van der Waals surface area (Å²) in [6.07, 6.45) is -0.0533. The van der Waals surface area contributed by atoms with Gasteiger partial charge in [0.15, 0.2) is 0 Å². The Kier molecular flexibility index (Phi) is 4.70. The molecule has 3 aromatic rings. The van der Waals surface area contributed by atoms with E-state index < -0.39 is 6.23 Å². The first-order valence-electron chi connectivity index (χ1n) is 9.99. The van der Waals surface area contributed by atoms with Gasteiger partial charge in [0.2, 0.25) is 5.78 Å². The average Bonchev–Trinajstić information content (AvgIpc) is 3.19. The lowest BCUT2D eigenvalue weighted by molar-refractivity contribution is -0.00459. The summed E-state index contributed by atoms with van der Waals surface area (Å²) in [5.41, 5.74) is 6.04. The number of ketones is 1. The summed E-state index contributed by atoms with van der Waals surface area (Å²) in [6.45, 7) is 4.08. The van der Waals surface area contributed by atoms with Crippen molar-refractivity contribution in [2.45, 2.75) is 32.5 Å². The first-order valence-corrected chi connectivity index (χ1v) is 10.8. The minimum atomic E-state index is -0.783. The zero-order valence-electron chi connectivity index (χ0n) is 16.8. The fraction of sp³-hybridized carbons (Fsp3) is 0.200. The van der Waals surface area contributed by atoms with Crippen molar-refractivity contribution >= 4 is 27.4 Å². The number of carbonyl (C=O) groups is 1. The van der Waals surface area contributed by atoms with Crippen LogP contribution in [0.2, 0.25) is 0 Å². The first kappa shape index (κ1) is 19.1. The van der Waals surface area contributed by atoms with Gasteiger partial charge in [-0.25, -0.2) is 5.01 Å². The molecule has 3 aromatic carbocycles. The minimum absolute atomic E-state index is 0.0399. The van der Waals surface area contributed by atoms with E-state index in [1.54, 1.807) is 0 Å². The summed E-state index contributed by atoms with van der Waals surface area (Å²) in [5, 5.41) is 6.71. The third kappa shape index (κ3) is 3.33. The predicted octanol–water partition coefficient (Wildman–Crippen LogP) is 5.82. The van der Waals surface area contributed by atoms with Gasteiger partial charge >= 0.3 is 0 Å². The lowest BCUT2D eigenvalue weighted by atomic mass is 9.95. The second-order valence-corrected chi connectivity index (χ2v) is 8.81. The van der Waals surface area contributed by atoms with E-state index in [1.807, 2.05) is 48.3 Å². The number of hydrogen-bond donors (Lipinski definition) is 0. The van der Waals surface area contributed by atoms with Gasteiger partial charge in [0, 0.05) is 22.0 Å². The Hall–Kier alpha value is -2.92. The molecule has 2 heterocycles. The zero-order valence-corrected chi connectivity index (χ0v) is 18.4. The Morgan fingerprint density at radius 3 is 2.37 bits per heavy atom. The van der Waals surface area contributed by atoms with Crippen molar-refractivity contribution in [1.82, 2.24) is 5.01 Å². The standard InChI is InChI=1S/C25H21BrN2O2/c1-15-3-7-17(8-4-15)21-14-22-20-13-19(26)11-12-23(20)30-25(28(22)27-21)24(29)18-9-5-16(2)6-10-18/h3-13,22,25H,14H2,1-2H3. The number of halogens is 1. The Balaban J connectivity index is 1.57. The van der Waals surface area contributed by atoms with Crippen molar-refractivity contribution in [2.24, 2.45) is 5.10 Å². The predicted molar refractivity (Wildman–Crippen MR) is 121 cm³/mol. The largest absolute Gasteiger partial charge is 0.461 e. The van der Waals surface area contributed by atoms with Crippen LogP contribution in [0.4, 0.5) is 0 Å². The van der Waals surface area contributed by atoms with Crippen LogP contribution >= 0.6 is 15.9 Å². The molecule has 2 aliphatic rings. The third-order valence-corrected chi connectivity index (χ3v) is 6.19. The number of Topliss-reactive ketones (excluding diaryl/α,β-unsaturated/α-hetero) is 1. The Bertz CT molecular complexity index is 1150. The summed E-state index contributed by atoms with van der Waals surface area (Å²) >= 11 is 3.56. The summed E-state index contributed by atoms with van der Waals surface area (Å²) in [7, 11) is 0. The van der Waals surface area contributed by atoms with Crippen molar-refractivity contribution in [3.8, 4) is 5.75 Å². The van der Waals surface area contributed by atoms with Gasteiger partial charge in [-0.2, -0.15) is 5.10 Å². The van der Waals surface area contributed by atoms with E-state index in [-0.39, 0.29) is 11.8 Å². The molecule has 30 heavy (non-hydrogen) atoms. The Morgan fingerprint density at radius 1 is 1.00 bits per heavy atom. The third-order valence-electron chi connectivity index (χ3n) is 5.70. The number of benzene rings is 3. The SMILES string of the molecule is Cc1ccc(C(=O)C2Oc3ccc(Br)cc3C3CC(c4ccc(C)cc4)=NN23)cc1. The molecule has 0 radical (unpaired) electrons. The highest BCUT2D eigenvalue weighted by Gasteiger charge is 2.43. The molecule has 150 valence electrons. The highest BCUT2D eigenvalue weighted by atomic mass is 79.9. The van der Waals surface area contributed by atoms with E-state index in [2.05, 4.69) is 53.2 Å².